The topological polar surface area (TPSA) is 32.5 Å². The summed E-state index contributed by atoms with van der Waals surface area (Å²) in [6.45, 7) is 3.58. The second-order valence-electron chi connectivity index (χ2n) is 4.35. The Balaban J connectivity index is 2.43. The summed E-state index contributed by atoms with van der Waals surface area (Å²) < 4.78 is 0. The van der Waals surface area contributed by atoms with Crippen LogP contribution in [0.3, 0.4) is 0 Å². The van der Waals surface area contributed by atoms with Gasteiger partial charge in [0, 0.05) is 35.5 Å². The first kappa shape index (κ1) is 14.2. The van der Waals surface area contributed by atoms with Crippen molar-refractivity contribution in [2.24, 2.45) is 5.73 Å². The van der Waals surface area contributed by atoms with E-state index in [1.54, 1.807) is 11.3 Å². The van der Waals surface area contributed by atoms with Crippen LogP contribution in [0.25, 0.3) is 0 Å². The van der Waals surface area contributed by atoms with Gasteiger partial charge in [-0.05, 0) is 27.2 Å². The van der Waals surface area contributed by atoms with Crippen molar-refractivity contribution in [1.29, 1.82) is 0 Å². The molecule has 1 heterocycles. The minimum Gasteiger partial charge on any atom is -0.320 e. The van der Waals surface area contributed by atoms with Gasteiger partial charge < -0.3 is 15.5 Å². The van der Waals surface area contributed by atoms with Gasteiger partial charge in [0.2, 0.25) is 0 Å². The van der Waals surface area contributed by atoms with E-state index in [4.69, 9.17) is 5.73 Å². The molecule has 0 aliphatic rings. The van der Waals surface area contributed by atoms with Gasteiger partial charge in [-0.25, -0.2) is 0 Å². The van der Waals surface area contributed by atoms with Crippen LogP contribution >= 0.6 is 11.3 Å². The summed E-state index contributed by atoms with van der Waals surface area (Å²) in [5, 5.41) is 2.10. The van der Waals surface area contributed by atoms with Gasteiger partial charge in [-0.3, -0.25) is 0 Å². The molecule has 2 N–H and O–H groups in total. The predicted molar refractivity (Wildman–Crippen MR) is 75.1 cm³/mol. The molecule has 94 valence electrons. The van der Waals surface area contributed by atoms with Gasteiger partial charge in [0.1, 0.15) is 0 Å². The molecule has 4 heteroatoms. The highest BCUT2D eigenvalue weighted by Gasteiger charge is 2.03. The van der Waals surface area contributed by atoms with Gasteiger partial charge >= 0.3 is 0 Å². The molecule has 0 saturated heterocycles. The normalized spacial score (nSPS) is 10.7. The van der Waals surface area contributed by atoms with Gasteiger partial charge in [-0.2, -0.15) is 0 Å². The van der Waals surface area contributed by atoms with Crippen molar-refractivity contribution in [1.82, 2.24) is 9.80 Å². The lowest BCUT2D eigenvalue weighted by molar-refractivity contribution is 0.278. The Morgan fingerprint density at radius 2 is 2.06 bits per heavy atom. The highest BCUT2D eigenvalue weighted by atomic mass is 32.1. The van der Waals surface area contributed by atoms with Crippen molar-refractivity contribution in [2.45, 2.75) is 6.54 Å². The van der Waals surface area contributed by atoms with Crippen LogP contribution in [0.2, 0.25) is 0 Å². The van der Waals surface area contributed by atoms with Crippen LogP contribution in [-0.4, -0.2) is 50.6 Å². The highest BCUT2D eigenvalue weighted by molar-refractivity contribution is 7.10. The maximum atomic E-state index is 5.35. The first-order valence-corrected chi connectivity index (χ1v) is 6.59. The first-order valence-electron chi connectivity index (χ1n) is 5.71. The van der Waals surface area contributed by atoms with Crippen LogP contribution in [0.5, 0.6) is 0 Å². The number of thiophene rings is 1. The zero-order valence-corrected chi connectivity index (χ0v) is 11.7. The van der Waals surface area contributed by atoms with Crippen LogP contribution < -0.4 is 5.73 Å². The van der Waals surface area contributed by atoms with E-state index in [2.05, 4.69) is 54.2 Å². The number of likely N-dealkylation sites (N-methyl/N-ethyl adjacent to an activating group) is 2. The molecular weight excluding hydrogens is 230 g/mol. The fraction of sp³-hybridized carbons (Fsp3) is 0.538. The monoisotopic (exact) mass is 251 g/mol. The zero-order valence-electron chi connectivity index (χ0n) is 10.9. The van der Waals surface area contributed by atoms with Gasteiger partial charge in [0.05, 0.1) is 6.54 Å². The number of hydrogen-bond donors (Lipinski definition) is 1. The van der Waals surface area contributed by atoms with E-state index >= 15 is 0 Å². The molecule has 1 rings (SSSR count). The summed E-state index contributed by atoms with van der Waals surface area (Å²) >= 11 is 1.76. The van der Waals surface area contributed by atoms with Gasteiger partial charge in [-0.15, -0.1) is 11.3 Å². The van der Waals surface area contributed by atoms with Crippen molar-refractivity contribution < 1.29 is 0 Å². The van der Waals surface area contributed by atoms with Crippen molar-refractivity contribution in [3.63, 3.8) is 0 Å². The van der Waals surface area contributed by atoms with Gasteiger partial charge in [0.15, 0.2) is 0 Å². The molecule has 0 bridgehead atoms. The number of rotatable bonds is 5. The maximum absolute atomic E-state index is 5.35. The van der Waals surface area contributed by atoms with Crippen LogP contribution in [0.4, 0.5) is 0 Å². The average Bonchev–Trinajstić information content (AvgIpc) is 2.71. The SMILES string of the molecule is CN(C)CCN(C)Cc1cc(C#CCN)cs1. The lowest BCUT2D eigenvalue weighted by Crippen LogP contribution is -2.28. The Morgan fingerprint density at radius 3 is 2.71 bits per heavy atom. The van der Waals surface area contributed by atoms with Crippen LogP contribution in [0, 0.1) is 11.8 Å². The molecule has 0 aromatic carbocycles. The third-order valence-electron chi connectivity index (χ3n) is 2.34. The van der Waals surface area contributed by atoms with Gasteiger partial charge in [-0.1, -0.05) is 11.8 Å². The molecule has 0 spiro atoms. The minimum atomic E-state index is 0.425. The largest absolute Gasteiger partial charge is 0.320 e. The van der Waals surface area contributed by atoms with Gasteiger partial charge in [0.25, 0.3) is 0 Å². The second-order valence-corrected chi connectivity index (χ2v) is 5.34. The van der Waals surface area contributed by atoms with Crippen molar-refractivity contribution in [2.75, 3.05) is 40.8 Å². The molecule has 0 fully saturated rings. The molecule has 1 aromatic rings. The van der Waals surface area contributed by atoms with Crippen molar-refractivity contribution in [3.05, 3.63) is 21.9 Å². The van der Waals surface area contributed by atoms with E-state index in [9.17, 15) is 0 Å². The lowest BCUT2D eigenvalue weighted by atomic mass is 10.3. The second kappa shape index (κ2) is 7.46. The Labute approximate surface area is 108 Å². The summed E-state index contributed by atoms with van der Waals surface area (Å²) in [5.74, 6) is 5.93. The van der Waals surface area contributed by atoms with E-state index in [0.29, 0.717) is 6.54 Å². The molecule has 0 amide bonds. The fourth-order valence-corrected chi connectivity index (χ4v) is 2.29. The number of hydrogen-bond acceptors (Lipinski definition) is 4. The molecule has 17 heavy (non-hydrogen) atoms. The Hall–Kier alpha value is -0.860. The summed E-state index contributed by atoms with van der Waals surface area (Å²) in [5.41, 5.74) is 6.43. The van der Waals surface area contributed by atoms with Crippen LogP contribution in [0.1, 0.15) is 10.4 Å². The molecule has 0 unspecified atom stereocenters. The van der Waals surface area contributed by atoms with E-state index in [-0.39, 0.29) is 0 Å². The number of nitrogens with zero attached hydrogens (tertiary/aromatic N) is 2. The average molecular weight is 251 g/mol. The van der Waals surface area contributed by atoms with Crippen LogP contribution in [-0.2, 0) is 6.54 Å². The van der Waals surface area contributed by atoms with E-state index < -0.39 is 0 Å². The number of nitrogens with two attached hydrogens (primary N) is 1. The lowest BCUT2D eigenvalue weighted by Gasteiger charge is -2.18. The van der Waals surface area contributed by atoms with E-state index in [1.807, 2.05) is 0 Å². The molecule has 0 radical (unpaired) electrons. The molecule has 0 aliphatic heterocycles. The van der Waals surface area contributed by atoms with Crippen molar-refractivity contribution >= 4 is 11.3 Å². The Kier molecular flexibility index (Phi) is 6.23. The molecule has 1 aromatic heterocycles. The smallest absolute Gasteiger partial charge is 0.0555 e. The molecule has 0 atom stereocenters. The van der Waals surface area contributed by atoms with E-state index in [0.717, 1.165) is 25.2 Å². The summed E-state index contributed by atoms with van der Waals surface area (Å²) in [6, 6.07) is 2.15. The third-order valence-corrected chi connectivity index (χ3v) is 3.26. The molecular formula is C13H21N3S. The maximum Gasteiger partial charge on any atom is 0.0555 e. The van der Waals surface area contributed by atoms with Crippen molar-refractivity contribution in [3.8, 4) is 11.8 Å². The molecule has 0 aliphatic carbocycles. The zero-order chi connectivity index (χ0) is 12.7. The van der Waals surface area contributed by atoms with Crippen LogP contribution in [0.15, 0.2) is 11.4 Å². The standard InChI is InChI=1S/C13H21N3S/c1-15(2)7-8-16(3)10-13-9-12(11-17-13)5-4-6-14/h9,11H,6-8,10,14H2,1-3H3. The highest BCUT2D eigenvalue weighted by Crippen LogP contribution is 2.15. The minimum absolute atomic E-state index is 0.425. The Bertz CT molecular complexity index is 387. The molecule has 0 saturated carbocycles. The third kappa shape index (κ3) is 5.85. The Morgan fingerprint density at radius 1 is 1.29 bits per heavy atom. The summed E-state index contributed by atoms with van der Waals surface area (Å²) in [6.07, 6.45) is 0. The molecule has 3 nitrogen and oxygen atoms in total. The summed E-state index contributed by atoms with van der Waals surface area (Å²) in [4.78, 5) is 5.88. The fourth-order valence-electron chi connectivity index (χ4n) is 1.40. The quantitative estimate of drug-likeness (QED) is 0.794. The predicted octanol–water partition coefficient (Wildman–Crippen LogP) is 1.05. The summed E-state index contributed by atoms with van der Waals surface area (Å²) in [7, 11) is 6.34. The first-order chi connectivity index (χ1) is 8.11. The van der Waals surface area contributed by atoms with E-state index in [1.165, 1.54) is 4.88 Å².